The van der Waals surface area contributed by atoms with E-state index in [1.165, 1.54) is 0 Å². The molecule has 0 radical (unpaired) electrons. The minimum absolute atomic E-state index is 0.00532. The molecule has 2 heterocycles. The monoisotopic (exact) mass is 586 g/mol. The van der Waals surface area contributed by atoms with Crippen molar-refractivity contribution in [3.05, 3.63) is 94.6 Å². The van der Waals surface area contributed by atoms with Gasteiger partial charge in [0.25, 0.3) is 0 Å². The third-order valence-electron chi connectivity index (χ3n) is 8.92. The normalized spacial score (nSPS) is 24.5. The highest BCUT2D eigenvalue weighted by Gasteiger charge is 2.42. The highest BCUT2D eigenvalue weighted by Crippen LogP contribution is 2.45. The van der Waals surface area contributed by atoms with Crippen LogP contribution in [0.5, 0.6) is 11.5 Å². The molecule has 3 aromatic carbocycles. The average Bonchev–Trinajstić information content (AvgIpc) is 3.33. The third kappa shape index (κ3) is 6.42. The van der Waals surface area contributed by atoms with E-state index >= 15 is 8.78 Å². The summed E-state index contributed by atoms with van der Waals surface area (Å²) in [5.41, 5.74) is 1.88. The Morgan fingerprint density at radius 1 is 0.952 bits per heavy atom. The van der Waals surface area contributed by atoms with Gasteiger partial charge in [0, 0.05) is 30.8 Å². The number of hydrogen-bond acceptors (Lipinski definition) is 4. The zero-order chi connectivity index (χ0) is 29.3. The van der Waals surface area contributed by atoms with Gasteiger partial charge in [-0.05, 0) is 79.3 Å². The van der Waals surface area contributed by atoms with Crippen molar-refractivity contribution in [2.45, 2.75) is 63.5 Å². The standard InChI is InChI=1S/C33H35F5N2O2/c34-28-16-26(42-25-9-12-32(18-25)11-4-13-39-20-32)17-29(35)30(28)31-27-8-7-24(41-19-22-5-2-1-3-6-22)15-23(27)10-14-40(31)21-33(36,37)38/h1-3,5-8,15-17,25,31,39H,4,9-14,18-21H2. The Morgan fingerprint density at radius 3 is 2.45 bits per heavy atom. The molecule has 3 aromatic rings. The second-order valence-electron chi connectivity index (χ2n) is 11.9. The van der Waals surface area contributed by atoms with Crippen molar-refractivity contribution in [2.75, 3.05) is 26.2 Å². The number of alkyl halides is 3. The van der Waals surface area contributed by atoms with Crippen molar-refractivity contribution in [3.8, 4) is 11.5 Å². The summed E-state index contributed by atoms with van der Waals surface area (Å²) in [6.07, 6.45) is 0.437. The second kappa shape index (κ2) is 11.8. The first-order chi connectivity index (χ1) is 20.2. The van der Waals surface area contributed by atoms with Crippen LogP contribution in [0.2, 0.25) is 0 Å². The number of nitrogens with zero attached hydrogens (tertiary/aromatic N) is 1. The van der Waals surface area contributed by atoms with Gasteiger partial charge in [0.1, 0.15) is 29.7 Å². The van der Waals surface area contributed by atoms with Crippen LogP contribution in [-0.4, -0.2) is 43.4 Å². The van der Waals surface area contributed by atoms with Gasteiger partial charge in [0.05, 0.1) is 18.7 Å². The maximum absolute atomic E-state index is 15.7. The Morgan fingerprint density at radius 2 is 1.74 bits per heavy atom. The zero-order valence-electron chi connectivity index (χ0n) is 23.4. The molecule has 3 atom stereocenters. The first-order valence-corrected chi connectivity index (χ1v) is 14.6. The molecular weight excluding hydrogens is 551 g/mol. The number of nitrogens with one attached hydrogen (secondary N) is 1. The van der Waals surface area contributed by atoms with Crippen molar-refractivity contribution >= 4 is 0 Å². The average molecular weight is 587 g/mol. The molecular formula is C33H35F5N2O2. The maximum atomic E-state index is 15.7. The van der Waals surface area contributed by atoms with Gasteiger partial charge in [0.15, 0.2) is 0 Å². The molecule has 42 heavy (non-hydrogen) atoms. The van der Waals surface area contributed by atoms with Gasteiger partial charge < -0.3 is 14.8 Å². The summed E-state index contributed by atoms with van der Waals surface area (Å²) in [6, 6.07) is 15.6. The van der Waals surface area contributed by atoms with Crippen LogP contribution in [0.4, 0.5) is 22.0 Å². The van der Waals surface area contributed by atoms with Gasteiger partial charge in [-0.3, -0.25) is 4.90 Å². The summed E-state index contributed by atoms with van der Waals surface area (Å²) in [4.78, 5) is 1.10. The SMILES string of the molecule is Fc1cc(OC2CCC3(CCCNC3)C2)cc(F)c1C1c2ccc(OCc3ccccc3)cc2CCN1CC(F)(F)F. The molecule has 3 aliphatic rings. The largest absolute Gasteiger partial charge is 0.490 e. The van der Waals surface area contributed by atoms with E-state index in [2.05, 4.69) is 5.32 Å². The minimum Gasteiger partial charge on any atom is -0.490 e. The Kier molecular flexibility index (Phi) is 8.16. The van der Waals surface area contributed by atoms with Gasteiger partial charge in [0.2, 0.25) is 0 Å². The minimum atomic E-state index is -4.53. The van der Waals surface area contributed by atoms with Crippen molar-refractivity contribution in [1.82, 2.24) is 10.2 Å². The van der Waals surface area contributed by atoms with E-state index in [1.807, 2.05) is 30.3 Å². The fraction of sp³-hybridized carbons (Fsp3) is 0.455. The fourth-order valence-electron chi connectivity index (χ4n) is 6.98. The lowest BCUT2D eigenvalue weighted by Crippen LogP contribution is -2.42. The van der Waals surface area contributed by atoms with Crippen LogP contribution in [0.25, 0.3) is 0 Å². The molecule has 2 aliphatic heterocycles. The molecule has 6 rings (SSSR count). The fourth-order valence-corrected chi connectivity index (χ4v) is 6.98. The number of benzene rings is 3. The maximum Gasteiger partial charge on any atom is 0.401 e. The van der Waals surface area contributed by atoms with Crippen molar-refractivity contribution < 1.29 is 31.4 Å². The Labute approximate surface area is 242 Å². The number of ether oxygens (including phenoxy) is 2. The summed E-state index contributed by atoms with van der Waals surface area (Å²) in [5.74, 6) is -1.20. The van der Waals surface area contributed by atoms with Gasteiger partial charge in [-0.25, -0.2) is 8.78 Å². The first kappa shape index (κ1) is 28.9. The third-order valence-corrected chi connectivity index (χ3v) is 8.92. The van der Waals surface area contributed by atoms with E-state index in [9.17, 15) is 13.2 Å². The molecule has 1 spiro atoms. The van der Waals surface area contributed by atoms with E-state index < -0.39 is 36.0 Å². The molecule has 9 heteroatoms. The van der Waals surface area contributed by atoms with Gasteiger partial charge in [-0.2, -0.15) is 13.2 Å². The molecule has 0 bridgehead atoms. The first-order valence-electron chi connectivity index (χ1n) is 14.6. The number of piperidine rings is 1. The summed E-state index contributed by atoms with van der Waals surface area (Å²) >= 11 is 0. The van der Waals surface area contributed by atoms with E-state index in [4.69, 9.17) is 9.47 Å². The van der Waals surface area contributed by atoms with Crippen LogP contribution in [0.3, 0.4) is 0 Å². The number of halogens is 5. The molecule has 1 saturated carbocycles. The molecule has 3 unspecified atom stereocenters. The quantitative estimate of drug-likeness (QED) is 0.294. The highest BCUT2D eigenvalue weighted by atomic mass is 19.4. The summed E-state index contributed by atoms with van der Waals surface area (Å²) in [5, 5.41) is 3.44. The van der Waals surface area contributed by atoms with Crippen LogP contribution in [0.15, 0.2) is 60.7 Å². The number of hydrogen-bond donors (Lipinski definition) is 1. The topological polar surface area (TPSA) is 33.7 Å². The predicted molar refractivity (Wildman–Crippen MR) is 150 cm³/mol. The number of rotatable bonds is 7. The van der Waals surface area contributed by atoms with E-state index in [-0.39, 0.29) is 23.8 Å². The van der Waals surface area contributed by atoms with Crippen molar-refractivity contribution in [2.24, 2.45) is 5.41 Å². The Balaban J connectivity index is 1.26. The Bertz CT molecular complexity index is 1370. The second-order valence-corrected chi connectivity index (χ2v) is 11.9. The summed E-state index contributed by atoms with van der Waals surface area (Å²) in [6.45, 7) is 0.965. The molecule has 0 aromatic heterocycles. The smallest absolute Gasteiger partial charge is 0.401 e. The highest BCUT2D eigenvalue weighted by molar-refractivity contribution is 5.46. The van der Waals surface area contributed by atoms with Gasteiger partial charge in [-0.1, -0.05) is 36.4 Å². The number of fused-ring (bicyclic) bond motifs is 1. The van der Waals surface area contributed by atoms with E-state index in [0.29, 0.717) is 29.9 Å². The molecule has 224 valence electrons. The van der Waals surface area contributed by atoms with Crippen LogP contribution in [0.1, 0.15) is 60.4 Å². The lowest BCUT2D eigenvalue weighted by atomic mass is 9.79. The van der Waals surface area contributed by atoms with Crippen molar-refractivity contribution in [3.63, 3.8) is 0 Å². The molecule has 4 nitrogen and oxygen atoms in total. The molecule has 1 saturated heterocycles. The molecule has 1 aliphatic carbocycles. The lowest BCUT2D eigenvalue weighted by Gasteiger charge is -2.38. The summed E-state index contributed by atoms with van der Waals surface area (Å²) < 4.78 is 84.2. The van der Waals surface area contributed by atoms with Crippen LogP contribution < -0.4 is 14.8 Å². The van der Waals surface area contributed by atoms with Crippen LogP contribution in [-0.2, 0) is 13.0 Å². The predicted octanol–water partition coefficient (Wildman–Crippen LogP) is 7.35. The van der Waals surface area contributed by atoms with Gasteiger partial charge >= 0.3 is 6.18 Å². The Hall–Kier alpha value is -3.17. The lowest BCUT2D eigenvalue weighted by molar-refractivity contribution is -0.150. The van der Waals surface area contributed by atoms with Crippen LogP contribution >= 0.6 is 0 Å². The molecule has 0 amide bonds. The van der Waals surface area contributed by atoms with Crippen LogP contribution in [0, 0.1) is 17.0 Å². The van der Waals surface area contributed by atoms with E-state index in [0.717, 1.165) is 67.8 Å². The molecule has 2 fully saturated rings. The molecule has 1 N–H and O–H groups in total. The van der Waals surface area contributed by atoms with E-state index in [1.54, 1.807) is 18.2 Å². The summed E-state index contributed by atoms with van der Waals surface area (Å²) in [7, 11) is 0. The zero-order valence-corrected chi connectivity index (χ0v) is 23.4. The van der Waals surface area contributed by atoms with Gasteiger partial charge in [-0.15, -0.1) is 0 Å². The van der Waals surface area contributed by atoms with Crippen molar-refractivity contribution in [1.29, 1.82) is 0 Å².